The molecule has 3 aromatic rings. The van der Waals surface area contributed by atoms with E-state index in [1.807, 2.05) is 60.8 Å². The van der Waals surface area contributed by atoms with E-state index in [0.717, 1.165) is 21.8 Å². The van der Waals surface area contributed by atoms with Gasteiger partial charge in [-0.3, -0.25) is 14.5 Å². The number of amides is 1. The number of carbonyl (C=O) groups excluding carboxylic acids is 2. The summed E-state index contributed by atoms with van der Waals surface area (Å²) in [5.41, 5.74) is 3.02. The van der Waals surface area contributed by atoms with Crippen LogP contribution in [0.1, 0.15) is 75.1 Å². The average molecular weight is 504 g/mol. The lowest BCUT2D eigenvalue weighted by molar-refractivity contribution is -0.132. The number of hydrogen-bond acceptors (Lipinski definition) is 5. The van der Waals surface area contributed by atoms with Gasteiger partial charge < -0.3 is 9.84 Å². The van der Waals surface area contributed by atoms with Gasteiger partial charge in [0.15, 0.2) is 0 Å². The van der Waals surface area contributed by atoms with Crippen molar-refractivity contribution >= 4 is 34.5 Å². The van der Waals surface area contributed by atoms with Crippen LogP contribution in [0.15, 0.2) is 65.6 Å². The van der Waals surface area contributed by atoms with E-state index in [1.54, 1.807) is 6.07 Å². The average Bonchev–Trinajstić information content (AvgIpc) is 3.45. The summed E-state index contributed by atoms with van der Waals surface area (Å²) in [5, 5.41) is 13.4. The van der Waals surface area contributed by atoms with Crippen LogP contribution in [-0.2, 0) is 15.0 Å². The second kappa shape index (κ2) is 9.94. The second-order valence-electron chi connectivity index (χ2n) is 10.3. The third-order valence-corrected chi connectivity index (χ3v) is 7.38. The molecule has 0 aliphatic carbocycles. The molecule has 1 unspecified atom stereocenters. The maximum absolute atomic E-state index is 13.4. The van der Waals surface area contributed by atoms with Crippen molar-refractivity contribution in [1.82, 2.24) is 0 Å². The lowest BCUT2D eigenvalue weighted by Crippen LogP contribution is -2.29. The summed E-state index contributed by atoms with van der Waals surface area (Å²) < 4.78 is 5.82. The number of hydrogen-bond donors (Lipinski definition) is 1. The number of carbonyl (C=O) groups is 2. The summed E-state index contributed by atoms with van der Waals surface area (Å²) in [7, 11) is 0. The highest BCUT2D eigenvalue weighted by Crippen LogP contribution is 2.44. The Morgan fingerprint density at radius 1 is 1.08 bits per heavy atom. The Morgan fingerprint density at radius 3 is 2.33 bits per heavy atom. The van der Waals surface area contributed by atoms with Crippen LogP contribution < -0.4 is 9.64 Å². The molecule has 1 fully saturated rings. The van der Waals surface area contributed by atoms with E-state index in [1.165, 1.54) is 16.2 Å². The Kier molecular flexibility index (Phi) is 7.10. The summed E-state index contributed by atoms with van der Waals surface area (Å²) in [5.74, 6) is -0.429. The Labute approximate surface area is 217 Å². The summed E-state index contributed by atoms with van der Waals surface area (Å²) in [4.78, 5) is 29.1. The van der Waals surface area contributed by atoms with Crippen molar-refractivity contribution in [3.8, 4) is 5.75 Å². The molecule has 1 aromatic heterocycles. The molecule has 5 nitrogen and oxygen atoms in total. The zero-order valence-corrected chi connectivity index (χ0v) is 22.5. The van der Waals surface area contributed by atoms with Crippen molar-refractivity contribution in [3.63, 3.8) is 0 Å². The molecule has 0 radical (unpaired) electrons. The van der Waals surface area contributed by atoms with Crippen LogP contribution in [0.4, 0.5) is 5.69 Å². The van der Waals surface area contributed by atoms with Gasteiger partial charge in [0, 0.05) is 21.7 Å². The third kappa shape index (κ3) is 4.70. The molecular weight excluding hydrogens is 470 g/mol. The first-order valence-corrected chi connectivity index (χ1v) is 13.1. The molecule has 0 spiro atoms. The van der Waals surface area contributed by atoms with Crippen LogP contribution in [0.3, 0.4) is 0 Å². The second-order valence-corrected chi connectivity index (χ2v) is 11.3. The number of aliphatic hydroxyl groups is 1. The van der Waals surface area contributed by atoms with Gasteiger partial charge in [0.2, 0.25) is 0 Å². The predicted octanol–water partition coefficient (Wildman–Crippen LogP) is 7.19. The SMILES string of the molecule is CCOc1ccc(/C(O)=C2/C(=O)C(=O)N(c3ccc(C(C)C)cc3)C2c2cccs2)cc1C(C)(C)C. The molecule has 1 atom stereocenters. The van der Waals surface area contributed by atoms with Crippen LogP contribution in [-0.4, -0.2) is 23.4 Å². The fourth-order valence-corrected chi connectivity index (χ4v) is 5.36. The highest BCUT2D eigenvalue weighted by atomic mass is 32.1. The van der Waals surface area contributed by atoms with Crippen LogP contribution in [0.2, 0.25) is 0 Å². The number of benzene rings is 2. The van der Waals surface area contributed by atoms with E-state index in [0.29, 0.717) is 23.8 Å². The van der Waals surface area contributed by atoms with E-state index in [4.69, 9.17) is 4.74 Å². The van der Waals surface area contributed by atoms with Gasteiger partial charge in [-0.25, -0.2) is 0 Å². The van der Waals surface area contributed by atoms with Crippen molar-refractivity contribution in [2.45, 2.75) is 58.9 Å². The van der Waals surface area contributed by atoms with E-state index in [-0.39, 0.29) is 16.7 Å². The Hall–Kier alpha value is -3.38. The van der Waals surface area contributed by atoms with Crippen molar-refractivity contribution < 1.29 is 19.4 Å². The van der Waals surface area contributed by atoms with E-state index >= 15 is 0 Å². The molecule has 6 heteroatoms. The van der Waals surface area contributed by atoms with Gasteiger partial charge in [-0.05, 0) is 65.6 Å². The molecule has 2 heterocycles. The first kappa shape index (κ1) is 25.7. The van der Waals surface area contributed by atoms with E-state index < -0.39 is 17.7 Å². The normalized spacial score (nSPS) is 17.8. The highest BCUT2D eigenvalue weighted by molar-refractivity contribution is 7.10. The van der Waals surface area contributed by atoms with E-state index in [9.17, 15) is 14.7 Å². The molecular formula is C30H33NO4S. The molecule has 1 aliphatic rings. The zero-order chi connectivity index (χ0) is 26.2. The van der Waals surface area contributed by atoms with Crippen LogP contribution in [0, 0.1) is 0 Å². The minimum Gasteiger partial charge on any atom is -0.507 e. The maximum Gasteiger partial charge on any atom is 0.300 e. The topological polar surface area (TPSA) is 66.8 Å². The fourth-order valence-electron chi connectivity index (χ4n) is 4.53. The molecule has 36 heavy (non-hydrogen) atoms. The van der Waals surface area contributed by atoms with Gasteiger partial charge in [-0.15, -0.1) is 11.3 Å². The van der Waals surface area contributed by atoms with Crippen molar-refractivity contribution in [2.24, 2.45) is 0 Å². The van der Waals surface area contributed by atoms with Crippen molar-refractivity contribution in [1.29, 1.82) is 0 Å². The molecule has 4 rings (SSSR count). The van der Waals surface area contributed by atoms with Gasteiger partial charge >= 0.3 is 0 Å². The molecule has 2 aromatic carbocycles. The number of ether oxygens (including phenoxy) is 1. The highest BCUT2D eigenvalue weighted by Gasteiger charge is 2.47. The zero-order valence-electron chi connectivity index (χ0n) is 21.7. The Morgan fingerprint density at radius 2 is 1.78 bits per heavy atom. The number of nitrogens with zero attached hydrogens (tertiary/aromatic N) is 1. The molecule has 1 saturated heterocycles. The first-order chi connectivity index (χ1) is 17.0. The third-order valence-electron chi connectivity index (χ3n) is 6.46. The molecule has 1 aliphatic heterocycles. The summed E-state index contributed by atoms with van der Waals surface area (Å²) in [6.45, 7) is 12.9. The summed E-state index contributed by atoms with van der Waals surface area (Å²) in [6.07, 6.45) is 0. The van der Waals surface area contributed by atoms with Gasteiger partial charge in [0.05, 0.1) is 12.2 Å². The molecule has 188 valence electrons. The standard InChI is InChI=1S/C30H33NO4S/c1-7-35-23-15-12-20(17-22(23)30(4,5)6)27(32)25-26(24-9-8-16-36-24)31(29(34)28(25)33)21-13-10-19(11-14-21)18(2)3/h8-18,26,32H,7H2,1-6H3/b27-25-. The van der Waals surface area contributed by atoms with E-state index in [2.05, 4.69) is 34.6 Å². The van der Waals surface area contributed by atoms with Gasteiger partial charge in [-0.2, -0.15) is 0 Å². The summed E-state index contributed by atoms with van der Waals surface area (Å²) in [6, 6.07) is 16.2. The summed E-state index contributed by atoms with van der Waals surface area (Å²) >= 11 is 1.45. The number of rotatable bonds is 6. The number of ketones is 1. The lowest BCUT2D eigenvalue weighted by Gasteiger charge is -2.25. The number of Topliss-reactive ketones (excluding diaryl/α,β-unsaturated/α-hetero) is 1. The number of anilines is 1. The Balaban J connectivity index is 1.88. The smallest absolute Gasteiger partial charge is 0.300 e. The number of thiophene rings is 1. The van der Waals surface area contributed by atoms with Gasteiger partial charge in [-0.1, -0.05) is 52.8 Å². The van der Waals surface area contributed by atoms with Crippen LogP contribution in [0.25, 0.3) is 5.76 Å². The van der Waals surface area contributed by atoms with Crippen molar-refractivity contribution in [2.75, 3.05) is 11.5 Å². The largest absolute Gasteiger partial charge is 0.507 e. The molecule has 1 amide bonds. The lowest BCUT2D eigenvalue weighted by atomic mass is 9.84. The molecule has 1 N–H and O–H groups in total. The number of aliphatic hydroxyl groups excluding tert-OH is 1. The van der Waals surface area contributed by atoms with Crippen LogP contribution >= 0.6 is 11.3 Å². The fraction of sp³-hybridized carbons (Fsp3) is 0.333. The Bertz CT molecular complexity index is 1300. The minimum atomic E-state index is -0.709. The quantitative estimate of drug-likeness (QED) is 0.220. The monoisotopic (exact) mass is 503 g/mol. The van der Waals surface area contributed by atoms with Crippen molar-refractivity contribution in [3.05, 3.63) is 87.1 Å². The van der Waals surface area contributed by atoms with Crippen LogP contribution in [0.5, 0.6) is 5.75 Å². The minimum absolute atomic E-state index is 0.0967. The molecule has 0 saturated carbocycles. The maximum atomic E-state index is 13.4. The molecule has 0 bridgehead atoms. The first-order valence-electron chi connectivity index (χ1n) is 12.3. The van der Waals surface area contributed by atoms with Gasteiger partial charge in [0.1, 0.15) is 17.6 Å². The predicted molar refractivity (Wildman–Crippen MR) is 146 cm³/mol. The van der Waals surface area contributed by atoms with Gasteiger partial charge in [0.25, 0.3) is 11.7 Å².